The number of hydrogen-bond donors (Lipinski definition) is 1. The maximum absolute atomic E-state index is 12.3. The second kappa shape index (κ2) is 9.50. The Bertz CT molecular complexity index is 804. The van der Waals surface area contributed by atoms with Crippen molar-refractivity contribution in [3.63, 3.8) is 0 Å². The third kappa shape index (κ3) is 6.46. The first-order chi connectivity index (χ1) is 13.0. The van der Waals surface area contributed by atoms with E-state index in [1.54, 1.807) is 7.11 Å². The summed E-state index contributed by atoms with van der Waals surface area (Å²) >= 11 is 0. The molecule has 2 aromatic rings. The second-order valence-electron chi connectivity index (χ2n) is 7.14. The van der Waals surface area contributed by atoms with Crippen LogP contribution in [0.3, 0.4) is 0 Å². The minimum absolute atomic E-state index is 0.0267. The van der Waals surface area contributed by atoms with Crippen LogP contribution in [0.1, 0.15) is 29.9 Å². The highest BCUT2D eigenvalue weighted by molar-refractivity contribution is 7.88. The lowest BCUT2D eigenvalue weighted by molar-refractivity contribution is 0.144. The van der Waals surface area contributed by atoms with E-state index in [2.05, 4.69) is 9.62 Å². The number of furan rings is 1. The lowest BCUT2D eigenvalue weighted by Gasteiger charge is -2.32. The lowest BCUT2D eigenvalue weighted by Crippen LogP contribution is -2.40. The van der Waals surface area contributed by atoms with Crippen LogP contribution < -0.4 is 4.72 Å². The van der Waals surface area contributed by atoms with E-state index in [-0.39, 0.29) is 5.75 Å². The predicted molar refractivity (Wildman–Crippen MR) is 104 cm³/mol. The van der Waals surface area contributed by atoms with Gasteiger partial charge in [0.1, 0.15) is 18.1 Å². The SMILES string of the molecule is COCc1ccc(CN2CCCC(CNS(=O)(=O)Cc3ccccc3)C2)o1. The standard InChI is InChI=1S/C20H28N2O4S/c1-25-15-20-10-9-19(26-20)14-22-11-5-8-18(13-22)12-21-27(23,24)16-17-6-3-2-4-7-17/h2-4,6-7,9-10,18,21H,5,8,11-16H2,1H3. The van der Waals surface area contributed by atoms with Crippen molar-refractivity contribution in [2.45, 2.75) is 31.7 Å². The highest BCUT2D eigenvalue weighted by atomic mass is 32.2. The fourth-order valence-corrected chi connectivity index (χ4v) is 4.72. The Balaban J connectivity index is 1.47. The molecule has 1 fully saturated rings. The Morgan fingerprint density at radius 2 is 1.96 bits per heavy atom. The van der Waals surface area contributed by atoms with E-state index < -0.39 is 10.0 Å². The van der Waals surface area contributed by atoms with Crippen molar-refractivity contribution in [1.29, 1.82) is 0 Å². The Kier molecular flexibility index (Phi) is 7.07. The van der Waals surface area contributed by atoms with Crippen LogP contribution in [-0.4, -0.2) is 40.1 Å². The van der Waals surface area contributed by atoms with E-state index in [0.717, 1.165) is 49.6 Å². The van der Waals surface area contributed by atoms with Crippen molar-refractivity contribution in [2.24, 2.45) is 5.92 Å². The van der Waals surface area contributed by atoms with Crippen LogP contribution in [0.2, 0.25) is 0 Å². The summed E-state index contributed by atoms with van der Waals surface area (Å²) < 4.78 is 38.3. The molecule has 1 unspecified atom stereocenters. The summed E-state index contributed by atoms with van der Waals surface area (Å²) in [5, 5.41) is 0. The first kappa shape index (κ1) is 20.1. The summed E-state index contributed by atoms with van der Waals surface area (Å²) in [5.41, 5.74) is 0.806. The topological polar surface area (TPSA) is 71.8 Å². The first-order valence-corrected chi connectivity index (χ1v) is 11.0. The fraction of sp³-hybridized carbons (Fsp3) is 0.500. The van der Waals surface area contributed by atoms with Gasteiger partial charge in [-0.2, -0.15) is 0 Å². The number of ether oxygens (including phenoxy) is 1. The van der Waals surface area contributed by atoms with Gasteiger partial charge in [-0.3, -0.25) is 4.90 Å². The number of hydrogen-bond acceptors (Lipinski definition) is 5. The average Bonchev–Trinajstić information content (AvgIpc) is 3.08. The van der Waals surface area contributed by atoms with E-state index in [1.807, 2.05) is 42.5 Å². The van der Waals surface area contributed by atoms with E-state index in [9.17, 15) is 8.42 Å². The van der Waals surface area contributed by atoms with Crippen LogP contribution >= 0.6 is 0 Å². The molecule has 0 amide bonds. The van der Waals surface area contributed by atoms with Crippen molar-refractivity contribution in [1.82, 2.24) is 9.62 Å². The van der Waals surface area contributed by atoms with Crippen LogP contribution in [0.15, 0.2) is 46.9 Å². The maximum atomic E-state index is 12.3. The first-order valence-electron chi connectivity index (χ1n) is 9.34. The average molecular weight is 393 g/mol. The van der Waals surface area contributed by atoms with Crippen molar-refractivity contribution >= 4 is 10.0 Å². The largest absolute Gasteiger partial charge is 0.462 e. The molecular weight excluding hydrogens is 364 g/mol. The van der Waals surface area contributed by atoms with Gasteiger partial charge < -0.3 is 9.15 Å². The number of nitrogens with one attached hydrogen (secondary N) is 1. The normalized spacial score (nSPS) is 18.6. The molecule has 7 heteroatoms. The molecule has 148 valence electrons. The number of benzene rings is 1. The zero-order valence-corrected chi connectivity index (χ0v) is 16.6. The van der Waals surface area contributed by atoms with Gasteiger partial charge in [-0.05, 0) is 43.0 Å². The second-order valence-corrected chi connectivity index (χ2v) is 8.94. The van der Waals surface area contributed by atoms with Gasteiger partial charge in [-0.25, -0.2) is 13.1 Å². The molecule has 0 saturated carbocycles. The van der Waals surface area contributed by atoms with E-state index in [4.69, 9.17) is 9.15 Å². The molecule has 1 saturated heterocycles. The van der Waals surface area contributed by atoms with E-state index in [0.29, 0.717) is 19.1 Å². The van der Waals surface area contributed by atoms with Crippen molar-refractivity contribution < 1.29 is 17.6 Å². The zero-order chi connectivity index (χ0) is 19.1. The number of nitrogens with zero attached hydrogens (tertiary/aromatic N) is 1. The molecule has 1 aliphatic heterocycles. The number of piperidine rings is 1. The highest BCUT2D eigenvalue weighted by Crippen LogP contribution is 2.20. The minimum Gasteiger partial charge on any atom is -0.462 e. The van der Waals surface area contributed by atoms with Gasteiger partial charge >= 0.3 is 0 Å². The molecule has 0 aliphatic carbocycles. The number of sulfonamides is 1. The summed E-state index contributed by atoms with van der Waals surface area (Å²) in [6, 6.07) is 13.2. The number of likely N-dealkylation sites (tertiary alicyclic amines) is 1. The monoisotopic (exact) mass is 392 g/mol. The Labute approximate surface area is 161 Å². The summed E-state index contributed by atoms with van der Waals surface area (Å²) in [4.78, 5) is 2.33. The Morgan fingerprint density at radius 3 is 2.74 bits per heavy atom. The zero-order valence-electron chi connectivity index (χ0n) is 15.8. The van der Waals surface area contributed by atoms with Crippen molar-refractivity contribution in [2.75, 3.05) is 26.7 Å². The van der Waals surface area contributed by atoms with Crippen molar-refractivity contribution in [3.05, 3.63) is 59.5 Å². The van der Waals surface area contributed by atoms with Crippen LogP contribution in [-0.2, 0) is 33.7 Å². The van der Waals surface area contributed by atoms with Gasteiger partial charge in [0.05, 0.1) is 12.3 Å². The summed E-state index contributed by atoms with van der Waals surface area (Å²) in [6.07, 6.45) is 2.11. The van der Waals surface area contributed by atoms with Crippen LogP contribution in [0, 0.1) is 5.92 Å². The molecule has 1 N–H and O–H groups in total. The van der Waals surface area contributed by atoms with E-state index >= 15 is 0 Å². The lowest BCUT2D eigenvalue weighted by atomic mass is 9.98. The molecule has 1 aromatic heterocycles. The van der Waals surface area contributed by atoms with E-state index in [1.165, 1.54) is 0 Å². The summed E-state index contributed by atoms with van der Waals surface area (Å²) in [6.45, 7) is 3.59. The fourth-order valence-electron chi connectivity index (χ4n) is 3.50. The molecule has 6 nitrogen and oxygen atoms in total. The molecule has 1 aliphatic rings. The van der Waals surface area contributed by atoms with Crippen LogP contribution in [0.4, 0.5) is 0 Å². The molecular formula is C20H28N2O4S. The maximum Gasteiger partial charge on any atom is 0.215 e. The van der Waals surface area contributed by atoms with Crippen molar-refractivity contribution in [3.8, 4) is 0 Å². The smallest absolute Gasteiger partial charge is 0.215 e. The number of methoxy groups -OCH3 is 1. The van der Waals surface area contributed by atoms with Gasteiger partial charge in [0.15, 0.2) is 0 Å². The summed E-state index contributed by atoms with van der Waals surface area (Å²) in [7, 11) is -1.67. The quantitative estimate of drug-likeness (QED) is 0.710. The highest BCUT2D eigenvalue weighted by Gasteiger charge is 2.22. The molecule has 0 radical (unpaired) electrons. The Morgan fingerprint density at radius 1 is 1.19 bits per heavy atom. The van der Waals surface area contributed by atoms with Crippen LogP contribution in [0.25, 0.3) is 0 Å². The summed E-state index contributed by atoms with van der Waals surface area (Å²) in [5.74, 6) is 2.10. The molecule has 1 atom stereocenters. The molecule has 0 bridgehead atoms. The van der Waals surface area contributed by atoms with Gasteiger partial charge in [0, 0.05) is 20.2 Å². The van der Waals surface area contributed by atoms with Crippen LogP contribution in [0.5, 0.6) is 0 Å². The molecule has 2 heterocycles. The van der Waals surface area contributed by atoms with Gasteiger partial charge in [-0.1, -0.05) is 30.3 Å². The third-order valence-electron chi connectivity index (χ3n) is 4.78. The third-order valence-corrected chi connectivity index (χ3v) is 6.10. The number of rotatable bonds is 9. The van der Waals surface area contributed by atoms with Gasteiger partial charge in [-0.15, -0.1) is 0 Å². The molecule has 1 aromatic carbocycles. The Hall–Kier alpha value is -1.67. The molecule has 3 rings (SSSR count). The van der Waals surface area contributed by atoms with Gasteiger partial charge in [0.25, 0.3) is 0 Å². The molecule has 0 spiro atoms. The molecule has 27 heavy (non-hydrogen) atoms. The predicted octanol–water partition coefficient (Wildman–Crippen LogP) is 2.76. The van der Waals surface area contributed by atoms with Gasteiger partial charge in [0.2, 0.25) is 10.0 Å². The minimum atomic E-state index is -3.31.